The van der Waals surface area contributed by atoms with Crippen molar-refractivity contribution in [3.63, 3.8) is 0 Å². The number of ether oxygens (including phenoxy) is 1. The molecule has 1 atom stereocenters. The number of nitrogens with two attached hydrogens (primary N) is 1. The highest BCUT2D eigenvalue weighted by atomic mass is 16.5. The van der Waals surface area contributed by atoms with Gasteiger partial charge < -0.3 is 15.4 Å². The van der Waals surface area contributed by atoms with Gasteiger partial charge in [-0.1, -0.05) is 6.92 Å². The number of Topliss-reactive ketones (excluding diaryl/α,β-unsaturated/α-hetero) is 1. The first-order valence-electron chi connectivity index (χ1n) is 10.1. The maximum Gasteiger partial charge on any atom is 0.239 e. The van der Waals surface area contributed by atoms with E-state index in [-0.39, 0.29) is 23.7 Å². The minimum Gasteiger partial charge on any atom is -0.494 e. The Morgan fingerprint density at radius 1 is 1.15 bits per heavy atom. The SMILES string of the molecule is CC[C@H](N)C(=O)N1CCN(CCCOc2ccc(C(=O)C3CC3)cc2)CC1. The van der Waals surface area contributed by atoms with Crippen molar-refractivity contribution in [1.29, 1.82) is 0 Å². The van der Waals surface area contributed by atoms with Gasteiger partial charge in [-0.2, -0.15) is 0 Å². The van der Waals surface area contributed by atoms with Crippen molar-refractivity contribution in [3.05, 3.63) is 29.8 Å². The summed E-state index contributed by atoms with van der Waals surface area (Å²) >= 11 is 0. The summed E-state index contributed by atoms with van der Waals surface area (Å²) in [5, 5.41) is 0. The average Bonchev–Trinajstić information content (AvgIpc) is 3.56. The second-order valence-corrected chi connectivity index (χ2v) is 7.55. The lowest BCUT2D eigenvalue weighted by Gasteiger charge is -2.35. The molecule has 1 aliphatic heterocycles. The number of nitrogens with zero attached hydrogens (tertiary/aromatic N) is 2. The van der Waals surface area contributed by atoms with Crippen LogP contribution in [0.15, 0.2) is 24.3 Å². The molecule has 3 rings (SSSR count). The first-order chi connectivity index (χ1) is 13.1. The van der Waals surface area contributed by atoms with E-state index in [0.29, 0.717) is 13.0 Å². The fraction of sp³-hybridized carbons (Fsp3) is 0.619. The molecule has 2 fully saturated rings. The molecule has 148 valence electrons. The van der Waals surface area contributed by atoms with Crippen LogP contribution in [-0.2, 0) is 4.79 Å². The fourth-order valence-corrected chi connectivity index (χ4v) is 3.38. The largest absolute Gasteiger partial charge is 0.494 e. The number of hydrogen-bond acceptors (Lipinski definition) is 5. The zero-order valence-corrected chi connectivity index (χ0v) is 16.2. The summed E-state index contributed by atoms with van der Waals surface area (Å²) in [6.45, 7) is 6.83. The van der Waals surface area contributed by atoms with Crippen LogP contribution >= 0.6 is 0 Å². The second-order valence-electron chi connectivity index (χ2n) is 7.55. The van der Waals surface area contributed by atoms with Crippen molar-refractivity contribution >= 4 is 11.7 Å². The lowest BCUT2D eigenvalue weighted by molar-refractivity contribution is -0.134. The Labute approximate surface area is 161 Å². The molecule has 1 heterocycles. The lowest BCUT2D eigenvalue weighted by Crippen LogP contribution is -2.53. The van der Waals surface area contributed by atoms with Crippen LogP contribution in [0, 0.1) is 5.92 Å². The highest BCUT2D eigenvalue weighted by Crippen LogP contribution is 2.32. The van der Waals surface area contributed by atoms with Gasteiger partial charge in [-0.05, 0) is 49.9 Å². The van der Waals surface area contributed by atoms with Gasteiger partial charge in [0.05, 0.1) is 12.6 Å². The van der Waals surface area contributed by atoms with Gasteiger partial charge in [0.1, 0.15) is 5.75 Å². The maximum atomic E-state index is 12.1. The van der Waals surface area contributed by atoms with E-state index in [1.54, 1.807) is 0 Å². The Kier molecular flexibility index (Phi) is 6.85. The topological polar surface area (TPSA) is 75.9 Å². The number of rotatable bonds is 9. The Morgan fingerprint density at radius 3 is 2.41 bits per heavy atom. The van der Waals surface area contributed by atoms with Gasteiger partial charge in [-0.15, -0.1) is 0 Å². The van der Waals surface area contributed by atoms with Crippen molar-refractivity contribution in [2.75, 3.05) is 39.3 Å². The molecule has 0 unspecified atom stereocenters. The molecule has 0 spiro atoms. The molecule has 27 heavy (non-hydrogen) atoms. The summed E-state index contributed by atoms with van der Waals surface area (Å²) < 4.78 is 5.79. The van der Waals surface area contributed by atoms with Crippen LogP contribution < -0.4 is 10.5 Å². The highest BCUT2D eigenvalue weighted by Gasteiger charge is 2.30. The number of hydrogen-bond donors (Lipinski definition) is 1. The molecule has 2 aliphatic rings. The Bertz CT molecular complexity index is 635. The van der Waals surface area contributed by atoms with E-state index >= 15 is 0 Å². The smallest absolute Gasteiger partial charge is 0.239 e. The number of carbonyl (C=O) groups is 2. The standard InChI is InChI=1S/C21H31N3O3/c1-2-19(22)21(26)24-13-11-23(12-14-24)10-3-15-27-18-8-6-17(7-9-18)20(25)16-4-5-16/h6-9,16,19H,2-5,10-15,22H2,1H3/t19-/m0/s1. The van der Waals surface area contributed by atoms with Crippen LogP contribution in [0.25, 0.3) is 0 Å². The summed E-state index contributed by atoms with van der Waals surface area (Å²) in [5.74, 6) is 1.40. The summed E-state index contributed by atoms with van der Waals surface area (Å²) in [7, 11) is 0. The molecule has 6 nitrogen and oxygen atoms in total. The van der Waals surface area contributed by atoms with Crippen LogP contribution in [0.5, 0.6) is 5.75 Å². The molecular weight excluding hydrogens is 342 g/mol. The molecule has 1 aliphatic carbocycles. The van der Waals surface area contributed by atoms with Gasteiger partial charge in [0.25, 0.3) is 0 Å². The molecule has 1 saturated heterocycles. The molecule has 1 amide bonds. The molecule has 0 aromatic heterocycles. The minimum absolute atomic E-state index is 0.0732. The third-order valence-electron chi connectivity index (χ3n) is 5.42. The average molecular weight is 373 g/mol. The van der Waals surface area contributed by atoms with E-state index in [9.17, 15) is 9.59 Å². The van der Waals surface area contributed by atoms with Crippen molar-refractivity contribution in [2.45, 2.75) is 38.6 Å². The van der Waals surface area contributed by atoms with E-state index < -0.39 is 0 Å². The molecule has 0 bridgehead atoms. The van der Waals surface area contributed by atoms with Crippen LogP contribution in [-0.4, -0.2) is 66.9 Å². The first kappa shape index (κ1) is 19.8. The number of amides is 1. The predicted molar refractivity (Wildman–Crippen MR) is 105 cm³/mol. The monoisotopic (exact) mass is 373 g/mol. The first-order valence-corrected chi connectivity index (χ1v) is 10.1. The zero-order valence-electron chi connectivity index (χ0n) is 16.2. The van der Waals surface area contributed by atoms with E-state index in [0.717, 1.165) is 63.3 Å². The van der Waals surface area contributed by atoms with Crippen LogP contribution in [0.4, 0.5) is 0 Å². The van der Waals surface area contributed by atoms with Crippen molar-refractivity contribution in [2.24, 2.45) is 11.7 Å². The van der Waals surface area contributed by atoms with Crippen molar-refractivity contribution in [3.8, 4) is 5.75 Å². The second kappa shape index (κ2) is 9.33. The third-order valence-corrected chi connectivity index (χ3v) is 5.42. The summed E-state index contributed by atoms with van der Waals surface area (Å²) in [5.41, 5.74) is 6.63. The fourth-order valence-electron chi connectivity index (χ4n) is 3.38. The molecular formula is C21H31N3O3. The van der Waals surface area contributed by atoms with Gasteiger partial charge in [0.2, 0.25) is 5.91 Å². The predicted octanol–water partition coefficient (Wildman–Crippen LogP) is 1.93. The van der Waals surface area contributed by atoms with E-state index in [1.165, 1.54) is 0 Å². The van der Waals surface area contributed by atoms with Gasteiger partial charge >= 0.3 is 0 Å². The van der Waals surface area contributed by atoms with Crippen molar-refractivity contribution < 1.29 is 14.3 Å². The summed E-state index contributed by atoms with van der Waals surface area (Å²) in [6.07, 6.45) is 3.69. The molecule has 1 saturated carbocycles. The van der Waals surface area contributed by atoms with Crippen molar-refractivity contribution in [1.82, 2.24) is 9.80 Å². The highest BCUT2D eigenvalue weighted by molar-refractivity contribution is 5.99. The zero-order chi connectivity index (χ0) is 19.2. The molecule has 2 N–H and O–H groups in total. The van der Waals surface area contributed by atoms with Crippen LogP contribution in [0.1, 0.15) is 43.0 Å². The summed E-state index contributed by atoms with van der Waals surface area (Å²) in [6, 6.07) is 7.14. The number of piperazine rings is 1. The normalized spacial score (nSPS) is 19.0. The number of benzene rings is 1. The third kappa shape index (κ3) is 5.53. The van der Waals surface area contributed by atoms with Gasteiger partial charge in [0, 0.05) is 44.2 Å². The van der Waals surface area contributed by atoms with E-state index in [1.807, 2.05) is 36.1 Å². The van der Waals surface area contributed by atoms with E-state index in [4.69, 9.17) is 10.5 Å². The molecule has 1 aromatic rings. The van der Waals surface area contributed by atoms with Crippen LogP contribution in [0.3, 0.4) is 0 Å². The number of carbonyl (C=O) groups excluding carboxylic acids is 2. The molecule has 6 heteroatoms. The Morgan fingerprint density at radius 2 is 1.81 bits per heavy atom. The minimum atomic E-state index is -0.365. The van der Waals surface area contributed by atoms with E-state index in [2.05, 4.69) is 4.90 Å². The van der Waals surface area contributed by atoms with Gasteiger partial charge in [0.15, 0.2) is 5.78 Å². The molecule has 1 aromatic carbocycles. The Hall–Kier alpha value is -1.92. The molecule has 0 radical (unpaired) electrons. The maximum absolute atomic E-state index is 12.1. The number of ketones is 1. The Balaban J connectivity index is 1.31. The van der Waals surface area contributed by atoms with Gasteiger partial charge in [-0.3, -0.25) is 14.5 Å². The summed E-state index contributed by atoms with van der Waals surface area (Å²) in [4.78, 5) is 28.3. The van der Waals surface area contributed by atoms with Gasteiger partial charge in [-0.25, -0.2) is 0 Å². The quantitative estimate of drug-likeness (QED) is 0.529. The van der Waals surface area contributed by atoms with Crippen LogP contribution in [0.2, 0.25) is 0 Å². The lowest BCUT2D eigenvalue weighted by atomic mass is 10.1.